The van der Waals surface area contributed by atoms with E-state index in [2.05, 4.69) is 0 Å². The zero-order valence-electron chi connectivity index (χ0n) is 7.36. The highest BCUT2D eigenvalue weighted by atomic mass is 16.3. The minimum absolute atomic E-state index is 0.0555. The Morgan fingerprint density at radius 3 is 2.42 bits per heavy atom. The maximum absolute atomic E-state index is 10.9. The average Bonchev–Trinajstić information content (AvgIpc) is 2.11. The lowest BCUT2D eigenvalue weighted by Gasteiger charge is -2.11. The molecule has 0 aliphatic carbocycles. The highest BCUT2D eigenvalue weighted by molar-refractivity contribution is 5.81. The first-order chi connectivity index (χ1) is 5.61. The van der Waals surface area contributed by atoms with Gasteiger partial charge in [0, 0.05) is 12.0 Å². The highest BCUT2D eigenvalue weighted by Crippen LogP contribution is 2.07. The van der Waals surface area contributed by atoms with E-state index >= 15 is 0 Å². The van der Waals surface area contributed by atoms with E-state index in [1.807, 2.05) is 0 Å². The minimum Gasteiger partial charge on any atom is -0.395 e. The number of aliphatic hydroxyl groups is 2. The maximum Gasteiger partial charge on any atom is 0.160 e. The molecule has 0 heterocycles. The summed E-state index contributed by atoms with van der Waals surface area (Å²) in [4.78, 5) is 10.9. The predicted molar refractivity (Wildman–Crippen MR) is 45.6 cm³/mol. The molecule has 0 radical (unpaired) electrons. The van der Waals surface area contributed by atoms with Gasteiger partial charge in [0.15, 0.2) is 5.78 Å². The molecule has 12 heavy (non-hydrogen) atoms. The Labute approximate surface area is 72.4 Å². The van der Waals surface area contributed by atoms with Crippen molar-refractivity contribution < 1.29 is 15.0 Å². The van der Waals surface area contributed by atoms with Gasteiger partial charge >= 0.3 is 0 Å². The molecule has 1 unspecified atom stereocenters. The molecule has 4 nitrogen and oxygen atoms in total. The van der Waals surface area contributed by atoms with Crippen molar-refractivity contribution in [1.29, 1.82) is 0 Å². The van der Waals surface area contributed by atoms with Crippen molar-refractivity contribution in [2.45, 2.75) is 25.8 Å². The summed E-state index contributed by atoms with van der Waals surface area (Å²) in [5, 5.41) is 17.1. The molecule has 0 spiro atoms. The van der Waals surface area contributed by atoms with Gasteiger partial charge in [-0.25, -0.2) is 0 Å². The Morgan fingerprint density at radius 1 is 1.42 bits per heavy atom. The normalized spacial score (nSPS) is 15.7. The third kappa shape index (κ3) is 4.43. The summed E-state index contributed by atoms with van der Waals surface area (Å²) in [5.74, 6) is -0.326. The standard InChI is InChI=1S/C8H17NO3/c1-6(8(12)5-11)2-3-7(9)4-10/h6-7,10-11H,2-5,9H2,1H3/t6-,7?/m0/s1. The van der Waals surface area contributed by atoms with Crippen molar-refractivity contribution in [3.63, 3.8) is 0 Å². The Hall–Kier alpha value is -0.450. The molecule has 0 aliphatic heterocycles. The van der Waals surface area contributed by atoms with Gasteiger partial charge in [-0.1, -0.05) is 6.92 Å². The topological polar surface area (TPSA) is 83.5 Å². The number of carbonyl (C=O) groups is 1. The number of Topliss-reactive ketones (excluding diaryl/α,β-unsaturated/α-hetero) is 1. The monoisotopic (exact) mass is 175 g/mol. The van der Waals surface area contributed by atoms with E-state index in [1.54, 1.807) is 6.92 Å². The lowest BCUT2D eigenvalue weighted by molar-refractivity contribution is -0.125. The fourth-order valence-corrected chi connectivity index (χ4v) is 0.872. The zero-order chi connectivity index (χ0) is 9.56. The first-order valence-electron chi connectivity index (χ1n) is 4.11. The summed E-state index contributed by atoms with van der Waals surface area (Å²) >= 11 is 0. The molecule has 0 bridgehead atoms. The van der Waals surface area contributed by atoms with E-state index in [9.17, 15) is 4.79 Å². The van der Waals surface area contributed by atoms with Crippen molar-refractivity contribution in [2.24, 2.45) is 11.7 Å². The van der Waals surface area contributed by atoms with Crippen LogP contribution in [0.3, 0.4) is 0 Å². The smallest absolute Gasteiger partial charge is 0.160 e. The molecule has 72 valence electrons. The van der Waals surface area contributed by atoms with Gasteiger partial charge in [0.1, 0.15) is 6.61 Å². The van der Waals surface area contributed by atoms with Crippen LogP contribution in [0.1, 0.15) is 19.8 Å². The number of hydrogen-bond acceptors (Lipinski definition) is 4. The maximum atomic E-state index is 10.9. The molecule has 0 aliphatic rings. The molecule has 0 aromatic rings. The van der Waals surface area contributed by atoms with E-state index in [-0.39, 0.29) is 24.3 Å². The second-order valence-electron chi connectivity index (χ2n) is 3.05. The number of carbonyl (C=O) groups excluding carboxylic acids is 1. The molecule has 0 rings (SSSR count). The predicted octanol–water partition coefficient (Wildman–Crippen LogP) is -0.716. The Morgan fingerprint density at radius 2 is 2.00 bits per heavy atom. The van der Waals surface area contributed by atoms with Gasteiger partial charge < -0.3 is 15.9 Å². The van der Waals surface area contributed by atoms with Crippen LogP contribution in [0.4, 0.5) is 0 Å². The van der Waals surface area contributed by atoms with Crippen molar-refractivity contribution in [3.05, 3.63) is 0 Å². The van der Waals surface area contributed by atoms with Crippen LogP contribution in [0.15, 0.2) is 0 Å². The molecule has 4 heteroatoms. The largest absolute Gasteiger partial charge is 0.395 e. The number of ketones is 1. The molecular formula is C8H17NO3. The summed E-state index contributed by atoms with van der Waals surface area (Å²) < 4.78 is 0. The van der Waals surface area contributed by atoms with Crippen LogP contribution >= 0.6 is 0 Å². The fraction of sp³-hybridized carbons (Fsp3) is 0.875. The van der Waals surface area contributed by atoms with Crippen molar-refractivity contribution in [2.75, 3.05) is 13.2 Å². The third-order valence-corrected chi connectivity index (χ3v) is 1.91. The van der Waals surface area contributed by atoms with Crippen molar-refractivity contribution >= 4 is 5.78 Å². The van der Waals surface area contributed by atoms with Crippen LogP contribution in [-0.2, 0) is 4.79 Å². The van der Waals surface area contributed by atoms with Crippen LogP contribution in [0.5, 0.6) is 0 Å². The number of nitrogens with two attached hydrogens (primary N) is 1. The lowest BCUT2D eigenvalue weighted by atomic mass is 9.98. The summed E-state index contributed by atoms with van der Waals surface area (Å²) in [6.07, 6.45) is 1.24. The minimum atomic E-state index is -0.407. The SMILES string of the molecule is C[C@@H](CCC(N)CO)C(=O)CO. The van der Waals surface area contributed by atoms with E-state index in [4.69, 9.17) is 15.9 Å². The van der Waals surface area contributed by atoms with E-state index in [1.165, 1.54) is 0 Å². The van der Waals surface area contributed by atoms with Crippen LogP contribution in [0.25, 0.3) is 0 Å². The van der Waals surface area contributed by atoms with Gasteiger partial charge in [-0.2, -0.15) is 0 Å². The molecular weight excluding hydrogens is 158 g/mol. The summed E-state index contributed by atoms with van der Waals surface area (Å²) in [7, 11) is 0. The van der Waals surface area contributed by atoms with Crippen LogP contribution in [0.2, 0.25) is 0 Å². The Bertz CT molecular complexity index is 138. The van der Waals surface area contributed by atoms with E-state index in [0.29, 0.717) is 12.8 Å². The van der Waals surface area contributed by atoms with Gasteiger partial charge in [-0.15, -0.1) is 0 Å². The first-order valence-corrected chi connectivity index (χ1v) is 4.11. The van der Waals surface area contributed by atoms with Crippen LogP contribution in [-0.4, -0.2) is 35.3 Å². The molecule has 0 amide bonds. The summed E-state index contributed by atoms with van der Waals surface area (Å²) in [6.45, 7) is 1.29. The molecule has 0 saturated carbocycles. The lowest BCUT2D eigenvalue weighted by Crippen LogP contribution is -2.26. The van der Waals surface area contributed by atoms with E-state index in [0.717, 1.165) is 0 Å². The number of aliphatic hydroxyl groups excluding tert-OH is 2. The second kappa shape index (κ2) is 6.11. The van der Waals surface area contributed by atoms with Crippen molar-refractivity contribution in [3.8, 4) is 0 Å². The molecule has 0 aromatic carbocycles. The summed E-state index contributed by atoms with van der Waals surface area (Å²) in [6, 6.07) is -0.251. The Kier molecular flexibility index (Phi) is 5.88. The van der Waals surface area contributed by atoms with Gasteiger partial charge in [-0.3, -0.25) is 4.79 Å². The fourth-order valence-electron chi connectivity index (χ4n) is 0.872. The van der Waals surface area contributed by atoms with Crippen LogP contribution < -0.4 is 5.73 Å². The van der Waals surface area contributed by atoms with Gasteiger partial charge in [0.25, 0.3) is 0 Å². The quantitative estimate of drug-likeness (QED) is 0.497. The molecule has 0 aromatic heterocycles. The van der Waals surface area contributed by atoms with Crippen molar-refractivity contribution in [1.82, 2.24) is 0 Å². The van der Waals surface area contributed by atoms with Gasteiger partial charge in [0.2, 0.25) is 0 Å². The highest BCUT2D eigenvalue weighted by Gasteiger charge is 2.12. The zero-order valence-corrected chi connectivity index (χ0v) is 7.36. The first kappa shape index (κ1) is 11.6. The van der Waals surface area contributed by atoms with Gasteiger partial charge in [0.05, 0.1) is 6.61 Å². The number of rotatable bonds is 6. The molecule has 0 saturated heterocycles. The molecule has 0 fully saturated rings. The second-order valence-corrected chi connectivity index (χ2v) is 3.05. The summed E-state index contributed by atoms with van der Waals surface area (Å²) in [5.41, 5.74) is 5.44. The molecule has 2 atom stereocenters. The van der Waals surface area contributed by atoms with Crippen LogP contribution in [0, 0.1) is 5.92 Å². The Balaban J connectivity index is 3.56. The van der Waals surface area contributed by atoms with Gasteiger partial charge in [-0.05, 0) is 12.8 Å². The third-order valence-electron chi connectivity index (χ3n) is 1.91. The average molecular weight is 175 g/mol. The molecule has 4 N–H and O–H groups in total. The van der Waals surface area contributed by atoms with E-state index < -0.39 is 6.61 Å². The number of hydrogen-bond donors (Lipinski definition) is 3.